The maximum absolute atomic E-state index is 6.27. The first-order chi connectivity index (χ1) is 5.64. The Morgan fingerprint density at radius 2 is 2.00 bits per heavy atom. The molecule has 0 atom stereocenters. The van der Waals surface area contributed by atoms with Gasteiger partial charge in [0.1, 0.15) is 0 Å². The molecule has 0 amide bonds. The van der Waals surface area contributed by atoms with E-state index in [1.807, 2.05) is 0 Å². The van der Waals surface area contributed by atoms with Crippen LogP contribution in [-0.2, 0) is 5.54 Å². The average molecular weight is 183 g/mol. The van der Waals surface area contributed by atoms with Crippen molar-refractivity contribution in [3.63, 3.8) is 0 Å². The normalized spacial score (nSPS) is 12.0. The van der Waals surface area contributed by atoms with Gasteiger partial charge in [0.05, 0.1) is 5.54 Å². The Kier molecular flexibility index (Phi) is 2.91. The van der Waals surface area contributed by atoms with Crippen LogP contribution in [0.2, 0.25) is 0 Å². The number of thiophene rings is 1. The molecular weight excluding hydrogens is 166 g/mol. The predicted molar refractivity (Wildman–Crippen MR) is 55.5 cm³/mol. The summed E-state index contributed by atoms with van der Waals surface area (Å²) in [6, 6.07) is 2.15. The third-order valence-electron chi connectivity index (χ3n) is 2.58. The van der Waals surface area contributed by atoms with Crippen molar-refractivity contribution < 1.29 is 0 Å². The molecule has 0 saturated heterocycles. The molecule has 0 aliphatic carbocycles. The lowest BCUT2D eigenvalue weighted by molar-refractivity contribution is 0.419. The summed E-state index contributed by atoms with van der Waals surface area (Å²) in [6.45, 7) is 6.45. The molecule has 0 saturated carbocycles. The van der Waals surface area contributed by atoms with Gasteiger partial charge in [0.2, 0.25) is 0 Å². The Balaban J connectivity index is 3.02. The minimum absolute atomic E-state index is 0.0851. The molecule has 2 N–H and O–H groups in total. The molecule has 0 spiro atoms. The SMILES string of the molecule is CCC(N)(CC)c1sccc1C. The van der Waals surface area contributed by atoms with Gasteiger partial charge in [-0.15, -0.1) is 11.3 Å². The zero-order valence-electron chi connectivity index (χ0n) is 8.05. The van der Waals surface area contributed by atoms with Crippen LogP contribution in [0, 0.1) is 6.92 Å². The fourth-order valence-electron chi connectivity index (χ4n) is 1.45. The Hall–Kier alpha value is -0.340. The van der Waals surface area contributed by atoms with E-state index < -0.39 is 0 Å². The van der Waals surface area contributed by atoms with Crippen LogP contribution >= 0.6 is 11.3 Å². The molecule has 1 rings (SSSR count). The smallest absolute Gasteiger partial charge is 0.0501 e. The van der Waals surface area contributed by atoms with Crippen molar-refractivity contribution in [2.75, 3.05) is 0 Å². The second-order valence-corrected chi connectivity index (χ2v) is 4.21. The highest BCUT2D eigenvalue weighted by atomic mass is 32.1. The summed E-state index contributed by atoms with van der Waals surface area (Å²) in [5.74, 6) is 0. The van der Waals surface area contributed by atoms with E-state index in [9.17, 15) is 0 Å². The summed E-state index contributed by atoms with van der Waals surface area (Å²) in [7, 11) is 0. The van der Waals surface area contributed by atoms with Gasteiger partial charge in [-0.2, -0.15) is 0 Å². The van der Waals surface area contributed by atoms with E-state index >= 15 is 0 Å². The van der Waals surface area contributed by atoms with Gasteiger partial charge in [0.15, 0.2) is 0 Å². The molecule has 12 heavy (non-hydrogen) atoms. The zero-order chi connectivity index (χ0) is 9.19. The Morgan fingerprint density at radius 1 is 1.42 bits per heavy atom. The minimum Gasteiger partial charge on any atom is -0.321 e. The van der Waals surface area contributed by atoms with Gasteiger partial charge < -0.3 is 5.73 Å². The molecular formula is C10H17NS. The van der Waals surface area contributed by atoms with E-state index in [1.165, 1.54) is 10.4 Å². The average Bonchev–Trinajstić information content (AvgIpc) is 2.51. The molecule has 0 aliphatic rings. The van der Waals surface area contributed by atoms with Gasteiger partial charge in [0.25, 0.3) is 0 Å². The van der Waals surface area contributed by atoms with Crippen LogP contribution in [0.3, 0.4) is 0 Å². The van der Waals surface area contributed by atoms with Gasteiger partial charge in [0, 0.05) is 4.88 Å². The van der Waals surface area contributed by atoms with Crippen LogP contribution in [0.5, 0.6) is 0 Å². The molecule has 2 heteroatoms. The highest BCUT2D eigenvalue weighted by molar-refractivity contribution is 7.10. The van der Waals surface area contributed by atoms with Crippen molar-refractivity contribution in [3.8, 4) is 0 Å². The predicted octanol–water partition coefficient (Wildman–Crippen LogP) is 3.03. The molecule has 0 aliphatic heterocycles. The van der Waals surface area contributed by atoms with Crippen molar-refractivity contribution in [3.05, 3.63) is 21.9 Å². The summed E-state index contributed by atoms with van der Waals surface area (Å²) in [4.78, 5) is 1.35. The molecule has 1 aromatic rings. The molecule has 1 heterocycles. The van der Waals surface area contributed by atoms with Crippen LogP contribution in [-0.4, -0.2) is 0 Å². The number of aryl methyl sites for hydroxylation is 1. The fourth-order valence-corrected chi connectivity index (χ4v) is 2.64. The van der Waals surface area contributed by atoms with Crippen molar-refractivity contribution in [1.82, 2.24) is 0 Å². The molecule has 0 radical (unpaired) electrons. The van der Waals surface area contributed by atoms with E-state index in [4.69, 9.17) is 5.73 Å². The van der Waals surface area contributed by atoms with Gasteiger partial charge >= 0.3 is 0 Å². The first kappa shape index (κ1) is 9.75. The maximum Gasteiger partial charge on any atom is 0.0501 e. The largest absolute Gasteiger partial charge is 0.321 e. The van der Waals surface area contributed by atoms with Crippen LogP contribution in [0.1, 0.15) is 37.1 Å². The number of hydrogen-bond acceptors (Lipinski definition) is 2. The Labute approximate surface area is 78.6 Å². The monoisotopic (exact) mass is 183 g/mol. The van der Waals surface area contributed by atoms with E-state index in [0.29, 0.717) is 0 Å². The van der Waals surface area contributed by atoms with Gasteiger partial charge in [-0.3, -0.25) is 0 Å². The topological polar surface area (TPSA) is 26.0 Å². The van der Waals surface area contributed by atoms with E-state index in [-0.39, 0.29) is 5.54 Å². The lowest BCUT2D eigenvalue weighted by Crippen LogP contribution is -2.34. The second-order valence-electron chi connectivity index (χ2n) is 3.30. The first-order valence-electron chi connectivity index (χ1n) is 4.47. The van der Waals surface area contributed by atoms with Crippen molar-refractivity contribution in [2.45, 2.75) is 39.2 Å². The van der Waals surface area contributed by atoms with Crippen molar-refractivity contribution in [2.24, 2.45) is 5.73 Å². The van der Waals surface area contributed by atoms with E-state index in [2.05, 4.69) is 32.2 Å². The molecule has 0 unspecified atom stereocenters. The van der Waals surface area contributed by atoms with Gasteiger partial charge in [-0.05, 0) is 36.8 Å². The summed E-state index contributed by atoms with van der Waals surface area (Å²) >= 11 is 1.78. The molecule has 1 nitrogen and oxygen atoms in total. The summed E-state index contributed by atoms with van der Waals surface area (Å²) in [5.41, 5.74) is 7.53. The summed E-state index contributed by atoms with van der Waals surface area (Å²) in [6.07, 6.45) is 2.04. The summed E-state index contributed by atoms with van der Waals surface area (Å²) in [5, 5.41) is 2.12. The highest BCUT2D eigenvalue weighted by Crippen LogP contribution is 2.32. The van der Waals surface area contributed by atoms with E-state index in [1.54, 1.807) is 11.3 Å². The number of nitrogens with two attached hydrogens (primary N) is 1. The van der Waals surface area contributed by atoms with Crippen molar-refractivity contribution >= 4 is 11.3 Å². The van der Waals surface area contributed by atoms with Crippen LogP contribution in [0.15, 0.2) is 11.4 Å². The van der Waals surface area contributed by atoms with Crippen molar-refractivity contribution in [1.29, 1.82) is 0 Å². The van der Waals surface area contributed by atoms with Crippen LogP contribution in [0.4, 0.5) is 0 Å². The standard InChI is InChI=1S/C10H17NS/c1-4-10(11,5-2)9-8(3)6-7-12-9/h6-7H,4-5,11H2,1-3H3. The minimum atomic E-state index is -0.0851. The molecule has 68 valence electrons. The van der Waals surface area contributed by atoms with Crippen LogP contribution in [0.25, 0.3) is 0 Å². The molecule has 0 aromatic carbocycles. The van der Waals surface area contributed by atoms with E-state index in [0.717, 1.165) is 12.8 Å². The first-order valence-corrected chi connectivity index (χ1v) is 5.35. The molecule has 1 aromatic heterocycles. The maximum atomic E-state index is 6.27. The number of rotatable bonds is 3. The van der Waals surface area contributed by atoms with Gasteiger partial charge in [-0.25, -0.2) is 0 Å². The Morgan fingerprint density at radius 3 is 2.33 bits per heavy atom. The Bertz CT molecular complexity index is 248. The van der Waals surface area contributed by atoms with Crippen LogP contribution < -0.4 is 5.73 Å². The lowest BCUT2D eigenvalue weighted by atomic mass is 9.90. The highest BCUT2D eigenvalue weighted by Gasteiger charge is 2.25. The zero-order valence-corrected chi connectivity index (χ0v) is 8.87. The fraction of sp³-hybridized carbons (Fsp3) is 0.600. The summed E-state index contributed by atoms with van der Waals surface area (Å²) < 4.78 is 0. The molecule has 0 fully saturated rings. The third-order valence-corrected chi connectivity index (χ3v) is 3.81. The lowest BCUT2D eigenvalue weighted by Gasteiger charge is -2.26. The number of hydrogen-bond donors (Lipinski definition) is 1. The quantitative estimate of drug-likeness (QED) is 0.766. The second kappa shape index (κ2) is 3.58. The molecule has 0 bridgehead atoms. The van der Waals surface area contributed by atoms with Gasteiger partial charge in [-0.1, -0.05) is 13.8 Å². The third kappa shape index (κ3) is 1.54.